The van der Waals surface area contributed by atoms with Crippen molar-refractivity contribution < 1.29 is 9.04 Å². The zero-order valence-electron chi connectivity index (χ0n) is 11.8. The van der Waals surface area contributed by atoms with E-state index in [9.17, 15) is 4.39 Å². The molecule has 4 heteroatoms. The van der Waals surface area contributed by atoms with Crippen LogP contribution >= 0.6 is 0 Å². The molecule has 1 aliphatic rings. The van der Waals surface area contributed by atoms with E-state index in [0.717, 1.165) is 17.3 Å². The van der Waals surface area contributed by atoms with Gasteiger partial charge < -0.3 is 10.4 Å². The maximum atomic E-state index is 13.6. The van der Waals surface area contributed by atoms with Crippen LogP contribution in [-0.2, 0) is 4.65 Å². The molecule has 0 unspecified atom stereocenters. The van der Waals surface area contributed by atoms with Gasteiger partial charge in [0.15, 0.2) is 0 Å². The van der Waals surface area contributed by atoms with Crippen LogP contribution in [0.15, 0.2) is 12.1 Å². The van der Waals surface area contributed by atoms with E-state index in [1.54, 1.807) is 6.07 Å². The lowest BCUT2D eigenvalue weighted by atomic mass is 9.53. The summed E-state index contributed by atoms with van der Waals surface area (Å²) in [5, 5.41) is 0. The molecular weight excluding hydrogens is 228 g/mol. The third-order valence-electron chi connectivity index (χ3n) is 4.49. The number of hydrogen-bond donors (Lipinski definition) is 1. The fourth-order valence-corrected chi connectivity index (χ4v) is 2.51. The molecule has 1 aromatic rings. The van der Waals surface area contributed by atoms with Crippen molar-refractivity contribution in [1.82, 2.24) is 0 Å². The summed E-state index contributed by atoms with van der Waals surface area (Å²) in [6.07, 6.45) is 0.893. The summed E-state index contributed by atoms with van der Waals surface area (Å²) in [4.78, 5) is 0. The Morgan fingerprint density at radius 1 is 1.28 bits per heavy atom. The molecule has 0 aromatic heterocycles. The van der Waals surface area contributed by atoms with Crippen LogP contribution in [0.1, 0.15) is 33.3 Å². The van der Waals surface area contributed by atoms with Crippen molar-refractivity contribution in [2.45, 2.75) is 46.5 Å². The molecule has 0 saturated carbocycles. The summed E-state index contributed by atoms with van der Waals surface area (Å²) < 4.78 is 19.7. The van der Waals surface area contributed by atoms with Crippen molar-refractivity contribution in [3.8, 4) is 0 Å². The van der Waals surface area contributed by atoms with Gasteiger partial charge in [-0.2, -0.15) is 0 Å². The molecule has 1 fully saturated rings. The third kappa shape index (κ3) is 2.03. The topological polar surface area (TPSA) is 35.2 Å². The predicted molar refractivity (Wildman–Crippen MR) is 74.7 cm³/mol. The quantitative estimate of drug-likeness (QED) is 0.613. The molecule has 0 radical (unpaired) electrons. The number of nitrogens with two attached hydrogens (primary N) is 1. The summed E-state index contributed by atoms with van der Waals surface area (Å²) in [6.45, 7) is 10.5. The zero-order chi connectivity index (χ0) is 13.7. The highest BCUT2D eigenvalue weighted by Gasteiger charge is 2.50. The normalized spacial score (nSPS) is 21.3. The zero-order valence-corrected chi connectivity index (χ0v) is 11.8. The van der Waals surface area contributed by atoms with Crippen molar-refractivity contribution >= 4 is 18.1 Å². The largest absolute Gasteiger partial charge is 0.426 e. The Balaban J connectivity index is 2.38. The molecule has 2 N–H and O–H groups in total. The maximum absolute atomic E-state index is 13.6. The van der Waals surface area contributed by atoms with E-state index in [1.165, 1.54) is 6.07 Å². The second-order valence-electron chi connectivity index (χ2n) is 6.44. The first kappa shape index (κ1) is 13.4. The summed E-state index contributed by atoms with van der Waals surface area (Å²) >= 11 is 0. The van der Waals surface area contributed by atoms with Crippen LogP contribution in [0.25, 0.3) is 0 Å². The Bertz CT molecular complexity index is 469. The average molecular weight is 249 g/mol. The van der Waals surface area contributed by atoms with E-state index in [4.69, 9.17) is 10.4 Å². The Labute approximate surface area is 109 Å². The van der Waals surface area contributed by atoms with Gasteiger partial charge in [0, 0.05) is 0 Å². The molecule has 1 aliphatic heterocycles. The fraction of sp³-hybridized carbons (Fsp3) is 0.571. The van der Waals surface area contributed by atoms with Gasteiger partial charge in [-0.25, -0.2) is 4.39 Å². The molecule has 1 aromatic carbocycles. The molecule has 0 atom stereocenters. The van der Waals surface area contributed by atoms with Gasteiger partial charge in [-0.15, -0.1) is 0 Å². The van der Waals surface area contributed by atoms with Crippen molar-refractivity contribution in [1.29, 1.82) is 0 Å². The minimum Gasteiger partial charge on any atom is -0.426 e. The molecule has 18 heavy (non-hydrogen) atoms. The average Bonchev–Trinajstić information content (AvgIpc) is 2.42. The molecule has 0 amide bonds. The standard InChI is InChI=1S/C14H21BFNO/c1-9-6-12(17)11(16)7-10(9)15-8-13(2,3)14(4,5)18-15/h6-7H,8,17H2,1-5H3. The monoisotopic (exact) mass is 249 g/mol. The molecule has 2 rings (SSSR count). The van der Waals surface area contributed by atoms with Gasteiger partial charge >= 0.3 is 6.92 Å². The molecular formula is C14H21BFNO. The second-order valence-corrected chi connectivity index (χ2v) is 6.44. The van der Waals surface area contributed by atoms with E-state index in [2.05, 4.69) is 27.7 Å². The maximum Gasteiger partial charge on any atom is 0.328 e. The van der Waals surface area contributed by atoms with Gasteiger partial charge in [-0.05, 0) is 50.1 Å². The van der Waals surface area contributed by atoms with Crippen LogP contribution in [0.5, 0.6) is 0 Å². The van der Waals surface area contributed by atoms with Gasteiger partial charge in [-0.1, -0.05) is 19.4 Å². The van der Waals surface area contributed by atoms with Gasteiger partial charge in [0.1, 0.15) is 5.82 Å². The summed E-state index contributed by atoms with van der Waals surface area (Å²) in [7, 11) is 0. The lowest BCUT2D eigenvalue weighted by molar-refractivity contribution is 0.0375. The van der Waals surface area contributed by atoms with Gasteiger partial charge in [-0.3, -0.25) is 0 Å². The Kier molecular flexibility index (Phi) is 2.97. The molecule has 1 saturated heterocycles. The second kappa shape index (κ2) is 3.99. The van der Waals surface area contributed by atoms with E-state index >= 15 is 0 Å². The van der Waals surface area contributed by atoms with Crippen molar-refractivity contribution in [2.24, 2.45) is 5.41 Å². The number of nitrogen functional groups attached to an aromatic ring is 1. The van der Waals surface area contributed by atoms with Gasteiger partial charge in [0.05, 0.1) is 11.3 Å². The number of aryl methyl sites for hydroxylation is 1. The van der Waals surface area contributed by atoms with Crippen molar-refractivity contribution in [3.05, 3.63) is 23.5 Å². The van der Waals surface area contributed by atoms with E-state index in [1.807, 2.05) is 6.92 Å². The Morgan fingerprint density at radius 3 is 2.39 bits per heavy atom. The Hall–Kier alpha value is -1.03. The minimum absolute atomic E-state index is 0.0508. The molecule has 2 nitrogen and oxygen atoms in total. The van der Waals surface area contributed by atoms with Crippen LogP contribution < -0.4 is 11.2 Å². The lowest BCUT2D eigenvalue weighted by Crippen LogP contribution is -2.37. The molecule has 0 bridgehead atoms. The number of hydrogen-bond acceptors (Lipinski definition) is 2. The number of anilines is 1. The SMILES string of the molecule is Cc1cc(N)c(F)cc1B1CC(C)(C)C(C)(C)O1. The molecule has 1 heterocycles. The highest BCUT2D eigenvalue weighted by atomic mass is 19.1. The first-order chi connectivity index (χ1) is 8.14. The summed E-state index contributed by atoms with van der Waals surface area (Å²) in [5.74, 6) is -0.360. The molecule has 0 aliphatic carbocycles. The Morgan fingerprint density at radius 2 is 1.89 bits per heavy atom. The van der Waals surface area contributed by atoms with Crippen LogP contribution in [0.4, 0.5) is 10.1 Å². The lowest BCUT2D eigenvalue weighted by Gasteiger charge is -2.34. The van der Waals surface area contributed by atoms with E-state index in [-0.39, 0.29) is 29.4 Å². The first-order valence-corrected chi connectivity index (χ1v) is 6.37. The molecule has 98 valence electrons. The predicted octanol–water partition coefficient (Wildman–Crippen LogP) is 2.75. The number of halogens is 1. The summed E-state index contributed by atoms with van der Waals surface area (Å²) in [6, 6.07) is 3.21. The third-order valence-corrected chi connectivity index (χ3v) is 4.49. The smallest absolute Gasteiger partial charge is 0.328 e. The minimum atomic E-state index is -0.360. The first-order valence-electron chi connectivity index (χ1n) is 6.37. The van der Waals surface area contributed by atoms with Crippen LogP contribution in [0, 0.1) is 18.2 Å². The van der Waals surface area contributed by atoms with E-state index in [0.29, 0.717) is 0 Å². The summed E-state index contributed by atoms with van der Waals surface area (Å²) in [5.41, 5.74) is 7.56. The number of rotatable bonds is 1. The van der Waals surface area contributed by atoms with Crippen LogP contribution in [0.3, 0.4) is 0 Å². The van der Waals surface area contributed by atoms with Gasteiger partial charge in [0.25, 0.3) is 0 Å². The highest BCUT2D eigenvalue weighted by Crippen LogP contribution is 2.45. The van der Waals surface area contributed by atoms with Gasteiger partial charge in [0.2, 0.25) is 0 Å². The molecule has 0 spiro atoms. The highest BCUT2D eigenvalue weighted by molar-refractivity contribution is 6.68. The fourth-order valence-electron chi connectivity index (χ4n) is 2.51. The van der Waals surface area contributed by atoms with Crippen LogP contribution in [0.2, 0.25) is 6.32 Å². The van der Waals surface area contributed by atoms with E-state index < -0.39 is 0 Å². The van der Waals surface area contributed by atoms with Crippen molar-refractivity contribution in [3.63, 3.8) is 0 Å². The number of benzene rings is 1. The van der Waals surface area contributed by atoms with Crippen LogP contribution in [-0.4, -0.2) is 12.5 Å². The van der Waals surface area contributed by atoms with Crippen molar-refractivity contribution in [2.75, 3.05) is 5.73 Å².